The zero-order valence-corrected chi connectivity index (χ0v) is 18.1. The predicted octanol–water partition coefficient (Wildman–Crippen LogP) is 3.26. The highest BCUT2D eigenvalue weighted by molar-refractivity contribution is 7.91. The summed E-state index contributed by atoms with van der Waals surface area (Å²) in [4.78, 5) is 13.0. The number of carbonyl (C=O) groups is 1. The molecule has 1 N–H and O–H groups in total. The summed E-state index contributed by atoms with van der Waals surface area (Å²) in [5, 5.41) is 7.61. The molecular weight excluding hydrogens is 428 g/mol. The second kappa shape index (κ2) is 7.81. The molecule has 8 nitrogen and oxygen atoms in total. The van der Waals surface area contributed by atoms with Gasteiger partial charge >= 0.3 is 0 Å². The molecule has 158 valence electrons. The standard InChI is InChI=1S/C20H21ClN4O4S/c1-13-9-19(25(23-13)14-5-8-30(27,28)12-14)22-20(26)15-10-16(21)17(11-18(15)29-2)24-6-3-4-7-24/h3-4,6-7,9-11,14H,5,8,12H2,1-2H3,(H,22,26). The van der Waals surface area contributed by atoms with E-state index in [1.54, 1.807) is 29.8 Å². The van der Waals surface area contributed by atoms with Crippen LogP contribution >= 0.6 is 11.6 Å². The molecule has 0 bridgehead atoms. The molecule has 1 unspecified atom stereocenters. The van der Waals surface area contributed by atoms with Crippen molar-refractivity contribution in [2.45, 2.75) is 19.4 Å². The van der Waals surface area contributed by atoms with E-state index in [2.05, 4.69) is 10.4 Å². The summed E-state index contributed by atoms with van der Waals surface area (Å²) in [6.45, 7) is 1.79. The number of nitrogens with zero attached hydrogens (tertiary/aromatic N) is 3. The average Bonchev–Trinajstić information content (AvgIpc) is 3.42. The fourth-order valence-electron chi connectivity index (χ4n) is 3.62. The van der Waals surface area contributed by atoms with E-state index in [1.807, 2.05) is 29.1 Å². The number of amides is 1. The average molecular weight is 449 g/mol. The van der Waals surface area contributed by atoms with Crippen molar-refractivity contribution in [2.75, 3.05) is 23.9 Å². The highest BCUT2D eigenvalue weighted by Gasteiger charge is 2.31. The number of aryl methyl sites for hydroxylation is 1. The number of benzene rings is 1. The van der Waals surface area contributed by atoms with Gasteiger partial charge in [0.1, 0.15) is 11.6 Å². The van der Waals surface area contributed by atoms with Gasteiger partial charge in [-0.2, -0.15) is 5.10 Å². The number of methoxy groups -OCH3 is 1. The lowest BCUT2D eigenvalue weighted by molar-refractivity contribution is 0.102. The lowest BCUT2D eigenvalue weighted by Gasteiger charge is -2.16. The number of rotatable bonds is 5. The van der Waals surface area contributed by atoms with E-state index in [1.165, 1.54) is 7.11 Å². The van der Waals surface area contributed by atoms with Crippen LogP contribution in [0.5, 0.6) is 5.75 Å². The molecule has 3 heterocycles. The van der Waals surface area contributed by atoms with Gasteiger partial charge in [-0.25, -0.2) is 13.1 Å². The summed E-state index contributed by atoms with van der Waals surface area (Å²) in [5.74, 6) is 0.514. The molecule has 2 aromatic heterocycles. The van der Waals surface area contributed by atoms with Crippen molar-refractivity contribution in [3.05, 3.63) is 59.0 Å². The largest absolute Gasteiger partial charge is 0.496 e. The second-order valence-electron chi connectivity index (χ2n) is 7.22. The summed E-state index contributed by atoms with van der Waals surface area (Å²) in [7, 11) is -1.60. The number of nitrogens with one attached hydrogen (secondary N) is 1. The van der Waals surface area contributed by atoms with Crippen molar-refractivity contribution in [2.24, 2.45) is 0 Å². The lowest BCUT2D eigenvalue weighted by Crippen LogP contribution is -2.20. The quantitative estimate of drug-likeness (QED) is 0.646. The van der Waals surface area contributed by atoms with Crippen molar-refractivity contribution in [1.29, 1.82) is 0 Å². The minimum absolute atomic E-state index is 0.0116. The van der Waals surface area contributed by atoms with Gasteiger partial charge in [-0.1, -0.05) is 11.6 Å². The Morgan fingerprint density at radius 2 is 2.00 bits per heavy atom. The molecule has 1 atom stereocenters. The number of ether oxygens (including phenoxy) is 1. The first-order valence-electron chi connectivity index (χ1n) is 9.36. The van der Waals surface area contributed by atoms with E-state index in [9.17, 15) is 13.2 Å². The first kappa shape index (κ1) is 20.5. The Bertz CT molecular complexity index is 1200. The number of hydrogen-bond acceptors (Lipinski definition) is 5. The molecule has 0 saturated carbocycles. The smallest absolute Gasteiger partial charge is 0.260 e. The Kier molecular flexibility index (Phi) is 5.33. The summed E-state index contributed by atoms with van der Waals surface area (Å²) in [5.41, 5.74) is 1.64. The zero-order valence-electron chi connectivity index (χ0n) is 16.5. The predicted molar refractivity (Wildman–Crippen MR) is 115 cm³/mol. The minimum Gasteiger partial charge on any atom is -0.496 e. The molecule has 3 aromatic rings. The third-order valence-corrected chi connectivity index (χ3v) is 7.10. The minimum atomic E-state index is -3.09. The first-order valence-corrected chi connectivity index (χ1v) is 11.6. The number of carbonyl (C=O) groups excluding carboxylic acids is 1. The van der Waals surface area contributed by atoms with E-state index < -0.39 is 15.7 Å². The first-order chi connectivity index (χ1) is 14.3. The summed E-state index contributed by atoms with van der Waals surface area (Å²) >= 11 is 6.43. The maximum absolute atomic E-state index is 13.0. The normalized spacial score (nSPS) is 17.8. The molecule has 0 radical (unpaired) electrons. The highest BCUT2D eigenvalue weighted by Crippen LogP contribution is 2.32. The maximum Gasteiger partial charge on any atom is 0.260 e. The molecular formula is C20H21ClN4O4S. The van der Waals surface area contributed by atoms with E-state index in [0.29, 0.717) is 34.4 Å². The van der Waals surface area contributed by atoms with Crippen LogP contribution in [0.15, 0.2) is 42.7 Å². The molecule has 30 heavy (non-hydrogen) atoms. The van der Waals surface area contributed by atoms with Crippen molar-refractivity contribution in [3.8, 4) is 11.4 Å². The van der Waals surface area contributed by atoms with Gasteiger partial charge in [0.25, 0.3) is 5.91 Å². The van der Waals surface area contributed by atoms with Crippen molar-refractivity contribution in [3.63, 3.8) is 0 Å². The van der Waals surface area contributed by atoms with E-state index in [4.69, 9.17) is 16.3 Å². The van der Waals surface area contributed by atoms with Crippen LogP contribution in [0.25, 0.3) is 5.69 Å². The van der Waals surface area contributed by atoms with Gasteiger partial charge in [0.2, 0.25) is 0 Å². The van der Waals surface area contributed by atoms with Crippen molar-refractivity contribution >= 4 is 33.2 Å². The Hall–Kier alpha value is -2.78. The van der Waals surface area contributed by atoms with E-state index in [-0.39, 0.29) is 23.1 Å². The van der Waals surface area contributed by atoms with Crippen molar-refractivity contribution in [1.82, 2.24) is 14.3 Å². The van der Waals surface area contributed by atoms with Gasteiger partial charge in [-0.15, -0.1) is 0 Å². The number of hydrogen-bond donors (Lipinski definition) is 1. The van der Waals surface area contributed by atoms with Gasteiger partial charge < -0.3 is 14.6 Å². The van der Waals surface area contributed by atoms with Crippen molar-refractivity contribution < 1.29 is 17.9 Å². The van der Waals surface area contributed by atoms with Gasteiger partial charge in [0, 0.05) is 24.5 Å². The van der Waals surface area contributed by atoms with Crippen LogP contribution in [0.2, 0.25) is 5.02 Å². The van der Waals surface area contributed by atoms with E-state index in [0.717, 1.165) is 0 Å². The van der Waals surface area contributed by atoms with Crippen LogP contribution in [0.3, 0.4) is 0 Å². The van der Waals surface area contributed by atoms with Gasteiger partial charge in [-0.05, 0) is 31.5 Å². The topological polar surface area (TPSA) is 95.2 Å². The number of halogens is 1. The Morgan fingerprint density at radius 3 is 2.63 bits per heavy atom. The van der Waals surface area contributed by atoms with Crippen LogP contribution in [-0.4, -0.2) is 47.3 Å². The number of sulfone groups is 1. The Morgan fingerprint density at radius 1 is 1.27 bits per heavy atom. The maximum atomic E-state index is 13.0. The van der Waals surface area contributed by atoms with Crippen LogP contribution in [-0.2, 0) is 9.84 Å². The third-order valence-electron chi connectivity index (χ3n) is 5.05. The summed E-state index contributed by atoms with van der Waals surface area (Å²) in [6, 6.07) is 8.40. The zero-order chi connectivity index (χ0) is 21.5. The molecule has 0 aliphatic carbocycles. The number of anilines is 1. The fourth-order valence-corrected chi connectivity index (χ4v) is 5.58. The molecule has 10 heteroatoms. The van der Waals surface area contributed by atoms with Gasteiger partial charge in [0.15, 0.2) is 9.84 Å². The van der Waals surface area contributed by atoms with Gasteiger partial charge in [-0.3, -0.25) is 4.79 Å². The SMILES string of the molecule is COc1cc(-n2cccc2)c(Cl)cc1C(=O)Nc1cc(C)nn1C1CCS(=O)(=O)C1. The lowest BCUT2D eigenvalue weighted by atomic mass is 10.1. The molecule has 4 rings (SSSR count). The number of aromatic nitrogens is 3. The third kappa shape index (κ3) is 3.95. The second-order valence-corrected chi connectivity index (χ2v) is 9.86. The fraction of sp³-hybridized carbons (Fsp3) is 0.300. The Balaban J connectivity index is 1.64. The molecule has 1 fully saturated rings. The van der Waals surface area contributed by atoms with Gasteiger partial charge in [0.05, 0.1) is 46.6 Å². The molecule has 1 aromatic carbocycles. The van der Waals surface area contributed by atoms with Crippen LogP contribution in [0.4, 0.5) is 5.82 Å². The molecule has 1 aliphatic rings. The summed E-state index contributed by atoms with van der Waals surface area (Å²) < 4.78 is 32.6. The molecule has 0 spiro atoms. The highest BCUT2D eigenvalue weighted by atomic mass is 35.5. The molecule has 1 aliphatic heterocycles. The van der Waals surface area contributed by atoms with Crippen LogP contribution < -0.4 is 10.1 Å². The van der Waals surface area contributed by atoms with E-state index >= 15 is 0 Å². The molecule has 1 saturated heterocycles. The monoisotopic (exact) mass is 448 g/mol. The summed E-state index contributed by atoms with van der Waals surface area (Å²) in [6.07, 6.45) is 4.15. The van der Waals surface area contributed by atoms with Crippen LogP contribution in [0, 0.1) is 6.92 Å². The Labute approximate surface area is 179 Å². The van der Waals surface area contributed by atoms with Crippen LogP contribution in [0.1, 0.15) is 28.5 Å². The molecule has 1 amide bonds.